The van der Waals surface area contributed by atoms with Gasteiger partial charge in [0.05, 0.1) is 19.3 Å². The van der Waals surface area contributed by atoms with Crippen molar-refractivity contribution in [2.45, 2.75) is 126 Å². The van der Waals surface area contributed by atoms with Gasteiger partial charge in [-0.25, -0.2) is 0 Å². The summed E-state index contributed by atoms with van der Waals surface area (Å²) in [5.41, 5.74) is 57.5. The third-order valence-electron chi connectivity index (χ3n) is 8.35. The van der Waals surface area contributed by atoms with Gasteiger partial charge in [0.15, 0.2) is 0 Å². The number of thioether (sulfide) groups is 3. The van der Waals surface area contributed by atoms with E-state index in [9.17, 15) is 38.4 Å². The molecule has 0 spiro atoms. The standard InChI is InChI=1S/C9H11NO2.3C5H12N2O2.3C5H11NO2S.C3H7NO3.C3H8O2.3CH4O/c10-8(9(11)12)6-7-4-2-1-3-5-7;3*6-3-1-2-4(7)5(8)9;3*1-9-3-2-4(6)5(7)8;4-2(1-5)3(6)7;1-3(5)2-4;3*1-2/h1-5,8H,6,10H2,(H,11,12);3*4H,1-3,6-7H2,(H,8,9);3*4H,2-3,6H2,1H3,(H,7,8);2,5H,1,4H2,(H,6,7);3-5H,2H2,1H3;3*2H,1H3/t8-;6*4-;2-;;;;/m00000000..../s1. The van der Waals surface area contributed by atoms with E-state index >= 15 is 0 Å². The molecule has 84 heavy (non-hydrogen) atoms. The largest absolute Gasteiger partial charge is 0.480 e. The van der Waals surface area contributed by atoms with E-state index < -0.39 is 109 Å². The Morgan fingerprint density at radius 2 is 0.583 bits per heavy atom. The van der Waals surface area contributed by atoms with Crippen LogP contribution in [0.5, 0.6) is 0 Å². The Bertz CT molecular complexity index is 1450. The van der Waals surface area contributed by atoms with Crippen molar-refractivity contribution in [2.24, 2.45) is 63.1 Å². The topological polar surface area (TPSA) is 706 Å². The minimum Gasteiger partial charge on any atom is -0.480 e. The number of rotatable bonds is 30. The summed E-state index contributed by atoms with van der Waals surface area (Å²) in [6, 6.07) is 3.14. The third kappa shape index (κ3) is 99.4. The van der Waals surface area contributed by atoms with Crippen molar-refractivity contribution in [2.75, 3.05) is 90.2 Å². The van der Waals surface area contributed by atoms with Gasteiger partial charge >= 0.3 is 47.8 Å². The highest BCUT2D eigenvalue weighted by atomic mass is 32.2. The van der Waals surface area contributed by atoms with Crippen molar-refractivity contribution in [3.63, 3.8) is 0 Å². The van der Waals surface area contributed by atoms with Crippen molar-refractivity contribution < 1.29 is 110 Å². The average Bonchev–Trinajstić information content (AvgIpc) is 3.47. The highest BCUT2D eigenvalue weighted by Gasteiger charge is 2.14. The lowest BCUT2D eigenvalue weighted by molar-refractivity contribution is -0.140. The SMILES string of the molecule is CC(O)CO.CO.CO.CO.CSCC[C@H](N)C(=O)O.CSCC[C@H](N)C(=O)O.CSCC[C@H](N)C(=O)O.NCCC[C@H](N)C(=O)O.NCCC[C@H](N)C(=O)O.NCCC[C@H](N)C(=O)O.N[C@@H](CO)C(=O)O.N[C@@H](Cc1ccccc1)C(=O)O. The lowest BCUT2D eigenvalue weighted by atomic mass is 10.1. The maximum Gasteiger partial charge on any atom is 0.322 e. The lowest BCUT2D eigenvalue weighted by Gasteiger charge is -2.04. The lowest BCUT2D eigenvalue weighted by Crippen LogP contribution is -2.33. The molecular formula is C48H107N11O22S3. The van der Waals surface area contributed by atoms with Crippen LogP contribution >= 0.6 is 35.3 Å². The van der Waals surface area contributed by atoms with E-state index in [0.29, 0.717) is 83.8 Å². The molecule has 0 saturated heterocycles. The molecule has 9 atom stereocenters. The molecule has 1 unspecified atom stereocenters. The summed E-state index contributed by atoms with van der Waals surface area (Å²) < 4.78 is 0. The highest BCUT2D eigenvalue weighted by Crippen LogP contribution is 2.02. The number of carboxylic acids is 8. The van der Waals surface area contributed by atoms with Crippen LogP contribution in [0.2, 0.25) is 0 Å². The van der Waals surface area contributed by atoms with Crippen molar-refractivity contribution >= 4 is 83.0 Å². The Morgan fingerprint density at radius 3 is 0.726 bits per heavy atom. The quantitative estimate of drug-likeness (QED) is 0.0343. The van der Waals surface area contributed by atoms with Crippen LogP contribution in [0.25, 0.3) is 0 Å². The van der Waals surface area contributed by atoms with E-state index in [1.165, 1.54) is 6.92 Å². The summed E-state index contributed by atoms with van der Waals surface area (Å²) in [4.78, 5) is 80.4. The van der Waals surface area contributed by atoms with Crippen LogP contribution in [-0.2, 0) is 44.8 Å². The Labute approximate surface area is 505 Å². The molecule has 36 N–H and O–H groups in total. The number of hydrogen-bond acceptors (Lipinski definition) is 28. The predicted molar refractivity (Wildman–Crippen MR) is 329 cm³/mol. The van der Waals surface area contributed by atoms with Gasteiger partial charge in [-0.2, -0.15) is 35.3 Å². The second-order valence-electron chi connectivity index (χ2n) is 15.6. The first kappa shape index (κ1) is 104. The van der Waals surface area contributed by atoms with E-state index in [-0.39, 0.29) is 6.61 Å². The van der Waals surface area contributed by atoms with Crippen molar-refractivity contribution in [1.29, 1.82) is 0 Å². The molecule has 1 rings (SSSR count). The first-order valence-corrected chi connectivity index (χ1v) is 29.1. The molecule has 1 aromatic rings. The summed E-state index contributed by atoms with van der Waals surface area (Å²) in [6.45, 7) is 2.39. The summed E-state index contributed by atoms with van der Waals surface area (Å²) in [5, 5.41) is 111. The van der Waals surface area contributed by atoms with Crippen LogP contribution in [-0.4, -0.2) is 264 Å². The predicted octanol–water partition coefficient (Wildman–Crippen LogP) is -4.92. The number of hydrogen-bond donors (Lipinski definition) is 25. The van der Waals surface area contributed by atoms with Gasteiger partial charge in [0.1, 0.15) is 48.3 Å². The van der Waals surface area contributed by atoms with Crippen LogP contribution in [0.4, 0.5) is 0 Å². The van der Waals surface area contributed by atoms with Crippen molar-refractivity contribution in [3.05, 3.63) is 35.9 Å². The highest BCUT2D eigenvalue weighted by molar-refractivity contribution is 7.98. The third-order valence-corrected chi connectivity index (χ3v) is 10.3. The Kier molecular flexibility index (Phi) is 102. The van der Waals surface area contributed by atoms with Gasteiger partial charge in [0.25, 0.3) is 0 Å². The summed E-state index contributed by atoms with van der Waals surface area (Å²) >= 11 is 4.81. The first-order valence-electron chi connectivity index (χ1n) is 25.0. The van der Waals surface area contributed by atoms with E-state index in [2.05, 4.69) is 0 Å². The second-order valence-corrected chi connectivity index (χ2v) is 18.6. The van der Waals surface area contributed by atoms with Gasteiger partial charge in [-0.05, 0) is 132 Å². The fourth-order valence-electron chi connectivity index (χ4n) is 3.52. The van der Waals surface area contributed by atoms with Crippen LogP contribution in [0, 0.1) is 0 Å². The maximum atomic E-state index is 10.4. The molecule has 0 aliphatic rings. The molecular weight excluding hydrogens is 1180 g/mol. The molecule has 0 saturated carbocycles. The number of carboxylic acid groups (broad SMARTS) is 8. The zero-order valence-electron chi connectivity index (χ0n) is 49.4. The molecule has 0 heterocycles. The Hall–Kier alpha value is -4.65. The normalized spacial score (nSPS) is 12.4. The first-order chi connectivity index (χ1) is 39.2. The minimum absolute atomic E-state index is 0.139. The molecule has 0 bridgehead atoms. The van der Waals surface area contributed by atoms with Gasteiger partial charge in [-0.3, -0.25) is 38.4 Å². The molecule has 36 heteroatoms. The molecule has 504 valence electrons. The van der Waals surface area contributed by atoms with E-state index in [0.717, 1.165) is 44.2 Å². The summed E-state index contributed by atoms with van der Waals surface area (Å²) in [5.74, 6) is -5.30. The molecule has 0 radical (unpaired) electrons. The van der Waals surface area contributed by atoms with Crippen LogP contribution in [0.3, 0.4) is 0 Å². The smallest absolute Gasteiger partial charge is 0.322 e. The van der Waals surface area contributed by atoms with E-state index in [4.69, 9.17) is 135 Å². The zero-order valence-corrected chi connectivity index (χ0v) is 51.9. The van der Waals surface area contributed by atoms with E-state index in [1.54, 1.807) is 35.3 Å². The van der Waals surface area contributed by atoms with Gasteiger partial charge in [0.2, 0.25) is 0 Å². The Balaban J connectivity index is -0.0000000788. The minimum atomic E-state index is -1.18. The van der Waals surface area contributed by atoms with Crippen molar-refractivity contribution in [1.82, 2.24) is 0 Å². The number of aliphatic hydroxyl groups is 6. The van der Waals surface area contributed by atoms with Gasteiger partial charge in [0, 0.05) is 21.3 Å². The number of nitrogens with two attached hydrogens (primary N) is 11. The van der Waals surface area contributed by atoms with Gasteiger partial charge in [-0.1, -0.05) is 30.3 Å². The van der Waals surface area contributed by atoms with Crippen LogP contribution < -0.4 is 63.1 Å². The second kappa shape index (κ2) is 82.6. The molecule has 0 fully saturated rings. The zero-order chi connectivity index (χ0) is 68.8. The molecule has 33 nitrogen and oxygen atoms in total. The van der Waals surface area contributed by atoms with Crippen LogP contribution in [0.15, 0.2) is 30.3 Å². The average molecular weight is 1290 g/mol. The Morgan fingerprint density at radius 1 is 0.381 bits per heavy atom. The molecule has 0 aromatic heterocycles. The monoisotopic (exact) mass is 1290 g/mol. The fraction of sp³-hybridized carbons (Fsp3) is 0.708. The van der Waals surface area contributed by atoms with Gasteiger partial charge in [-0.15, -0.1) is 0 Å². The molecule has 0 aliphatic carbocycles. The number of aliphatic hydroxyl groups excluding tert-OH is 6. The van der Waals surface area contributed by atoms with E-state index in [1.807, 2.05) is 49.1 Å². The number of benzene rings is 1. The van der Waals surface area contributed by atoms with Crippen LogP contribution in [0.1, 0.15) is 70.3 Å². The molecule has 0 aliphatic heterocycles. The summed E-state index contributed by atoms with van der Waals surface area (Å²) in [7, 11) is 3.00. The fourth-order valence-corrected chi connectivity index (χ4v) is 4.99. The van der Waals surface area contributed by atoms with Gasteiger partial charge < -0.3 is 135 Å². The number of aliphatic carboxylic acids is 8. The van der Waals surface area contributed by atoms with Crippen molar-refractivity contribution in [3.8, 4) is 0 Å². The molecule has 1 aromatic carbocycles. The molecule has 0 amide bonds. The maximum absolute atomic E-state index is 10.4. The summed E-state index contributed by atoms with van der Waals surface area (Å²) in [6.07, 6.45) is 10.7. The number of carbonyl (C=O) groups is 8.